The second-order valence-corrected chi connectivity index (χ2v) is 5.90. The first-order chi connectivity index (χ1) is 11.0. The van der Waals surface area contributed by atoms with Crippen LogP contribution in [0.5, 0.6) is 0 Å². The molecule has 2 aromatic heterocycles. The minimum absolute atomic E-state index is 0.286. The Bertz CT molecular complexity index is 747. The topological polar surface area (TPSA) is 56.0 Å². The molecular weight excluding hydrogens is 323 g/mol. The zero-order chi connectivity index (χ0) is 18.2. The third-order valence-electron chi connectivity index (χ3n) is 3.84. The van der Waals surface area contributed by atoms with Crippen molar-refractivity contribution < 1.29 is 18.0 Å². The molecule has 132 valence electrons. The van der Waals surface area contributed by atoms with Crippen LogP contribution in [0.2, 0.25) is 0 Å². The van der Waals surface area contributed by atoms with Crippen molar-refractivity contribution in [3.8, 4) is 0 Å². The molecule has 0 N–H and O–H groups in total. The second kappa shape index (κ2) is 6.29. The number of halogens is 3. The van der Waals surface area contributed by atoms with Gasteiger partial charge in [0.2, 0.25) is 5.91 Å². The van der Waals surface area contributed by atoms with Gasteiger partial charge in [-0.3, -0.25) is 14.2 Å². The number of aryl methyl sites for hydroxylation is 3. The monoisotopic (exact) mass is 343 g/mol. The summed E-state index contributed by atoms with van der Waals surface area (Å²) in [4.78, 5) is 14.0. The molecule has 0 fully saturated rings. The van der Waals surface area contributed by atoms with E-state index in [0.717, 1.165) is 22.0 Å². The van der Waals surface area contributed by atoms with Crippen LogP contribution >= 0.6 is 0 Å². The van der Waals surface area contributed by atoms with Gasteiger partial charge in [0.25, 0.3) is 0 Å². The van der Waals surface area contributed by atoms with Crippen LogP contribution < -0.4 is 0 Å². The van der Waals surface area contributed by atoms with Crippen molar-refractivity contribution in [1.29, 1.82) is 0 Å². The average Bonchev–Trinajstić information content (AvgIpc) is 3.00. The smallest absolute Gasteiger partial charge is 0.339 e. The summed E-state index contributed by atoms with van der Waals surface area (Å²) < 4.78 is 41.0. The molecule has 2 aromatic rings. The van der Waals surface area contributed by atoms with Crippen LogP contribution in [-0.4, -0.2) is 37.4 Å². The third-order valence-corrected chi connectivity index (χ3v) is 3.84. The molecule has 0 aromatic carbocycles. The highest BCUT2D eigenvalue weighted by Crippen LogP contribution is 2.29. The van der Waals surface area contributed by atoms with Crippen molar-refractivity contribution >= 4 is 5.91 Å². The number of nitrogens with zero attached hydrogens (tertiary/aromatic N) is 5. The number of likely N-dealkylation sites (N-methyl/N-ethyl adjacent to an activating group) is 1. The summed E-state index contributed by atoms with van der Waals surface area (Å²) in [6.45, 7) is 5.20. The Labute approximate surface area is 137 Å². The quantitative estimate of drug-likeness (QED) is 0.857. The lowest BCUT2D eigenvalue weighted by Gasteiger charge is -2.22. The molecule has 2 heterocycles. The van der Waals surface area contributed by atoms with E-state index in [-0.39, 0.29) is 11.6 Å². The zero-order valence-electron chi connectivity index (χ0n) is 14.2. The molecule has 0 unspecified atom stereocenters. The molecule has 0 aliphatic rings. The van der Waals surface area contributed by atoms with Gasteiger partial charge >= 0.3 is 6.18 Å². The van der Waals surface area contributed by atoms with E-state index in [9.17, 15) is 18.0 Å². The summed E-state index contributed by atoms with van der Waals surface area (Å²) >= 11 is 0. The van der Waals surface area contributed by atoms with Crippen molar-refractivity contribution in [3.05, 3.63) is 34.9 Å². The number of rotatable bonds is 4. The molecule has 0 saturated carbocycles. The summed E-state index contributed by atoms with van der Waals surface area (Å²) in [5.74, 6) is -0.321. The number of hydrogen-bond acceptors (Lipinski definition) is 3. The van der Waals surface area contributed by atoms with Crippen molar-refractivity contribution in [2.75, 3.05) is 7.05 Å². The third kappa shape index (κ3) is 3.60. The highest BCUT2D eigenvalue weighted by molar-refractivity contribution is 5.79. The summed E-state index contributed by atoms with van der Waals surface area (Å²) in [7, 11) is 3.39. The Morgan fingerprint density at radius 1 is 1.33 bits per heavy atom. The Morgan fingerprint density at radius 3 is 2.42 bits per heavy atom. The van der Waals surface area contributed by atoms with Crippen LogP contribution in [0.4, 0.5) is 13.2 Å². The fourth-order valence-corrected chi connectivity index (χ4v) is 2.58. The predicted octanol–water partition coefficient (Wildman–Crippen LogP) is 2.47. The molecular formula is C15H20F3N5O. The predicted molar refractivity (Wildman–Crippen MR) is 81.1 cm³/mol. The Hall–Kier alpha value is -2.32. The number of alkyl halides is 3. The van der Waals surface area contributed by atoms with Crippen LogP contribution in [0.1, 0.15) is 35.6 Å². The van der Waals surface area contributed by atoms with Crippen molar-refractivity contribution in [2.24, 2.45) is 7.05 Å². The summed E-state index contributed by atoms with van der Waals surface area (Å²) in [6, 6.07) is 0.109. The van der Waals surface area contributed by atoms with Gasteiger partial charge in [0.05, 0.1) is 5.69 Å². The molecule has 24 heavy (non-hydrogen) atoms. The number of carbonyl (C=O) groups is 1. The molecule has 0 spiro atoms. The number of amides is 1. The molecule has 1 amide bonds. The molecule has 0 radical (unpaired) electrons. The van der Waals surface area contributed by atoms with Gasteiger partial charge in [-0.05, 0) is 26.8 Å². The zero-order valence-corrected chi connectivity index (χ0v) is 14.2. The van der Waals surface area contributed by atoms with Gasteiger partial charge in [0.1, 0.15) is 6.04 Å². The lowest BCUT2D eigenvalue weighted by Crippen LogP contribution is -2.33. The van der Waals surface area contributed by atoms with Crippen LogP contribution in [-0.2, 0) is 24.6 Å². The molecule has 0 aliphatic heterocycles. The molecule has 0 saturated heterocycles. The number of hydrogen-bond donors (Lipinski definition) is 0. The largest absolute Gasteiger partial charge is 0.435 e. The van der Waals surface area contributed by atoms with Crippen LogP contribution in [0, 0.1) is 13.8 Å². The molecule has 0 bridgehead atoms. The van der Waals surface area contributed by atoms with E-state index in [1.807, 2.05) is 13.1 Å². The normalized spacial score (nSPS) is 13.2. The van der Waals surface area contributed by atoms with Gasteiger partial charge in [-0.1, -0.05) is 0 Å². The summed E-state index contributed by atoms with van der Waals surface area (Å²) in [5, 5.41) is 7.75. The SMILES string of the molecule is Cc1nn(C)cc1CN(C)C(=O)[C@@H](C)n1nc(C(F)(F)F)cc1C. The van der Waals surface area contributed by atoms with Crippen molar-refractivity contribution in [1.82, 2.24) is 24.5 Å². The first-order valence-corrected chi connectivity index (χ1v) is 7.38. The first-order valence-electron chi connectivity index (χ1n) is 7.38. The standard InChI is InChI=1S/C15H20F3N5O/c1-9-6-13(15(16,17)18)20-23(9)11(3)14(24)21(4)7-12-8-22(5)19-10(12)2/h6,8,11H,7H2,1-5H3/t11-/m1/s1. The molecule has 0 aliphatic carbocycles. The fourth-order valence-electron chi connectivity index (χ4n) is 2.58. The maximum Gasteiger partial charge on any atom is 0.435 e. The van der Waals surface area contributed by atoms with Crippen LogP contribution in [0.25, 0.3) is 0 Å². The lowest BCUT2D eigenvalue weighted by atomic mass is 10.2. The van der Waals surface area contributed by atoms with Gasteiger partial charge < -0.3 is 4.90 Å². The average molecular weight is 343 g/mol. The van der Waals surface area contributed by atoms with Crippen LogP contribution in [0.3, 0.4) is 0 Å². The minimum Gasteiger partial charge on any atom is -0.339 e. The molecule has 1 atom stereocenters. The molecule has 6 nitrogen and oxygen atoms in total. The van der Waals surface area contributed by atoms with Gasteiger partial charge in [-0.15, -0.1) is 0 Å². The molecule has 9 heteroatoms. The highest BCUT2D eigenvalue weighted by Gasteiger charge is 2.35. The Kier molecular flexibility index (Phi) is 4.73. The summed E-state index contributed by atoms with van der Waals surface area (Å²) in [5.41, 5.74) is 0.979. The van der Waals surface area contributed by atoms with E-state index < -0.39 is 17.9 Å². The van der Waals surface area contributed by atoms with E-state index in [2.05, 4.69) is 10.2 Å². The Balaban J connectivity index is 2.17. The van der Waals surface area contributed by atoms with E-state index in [1.165, 1.54) is 18.7 Å². The van der Waals surface area contributed by atoms with Gasteiger partial charge in [-0.2, -0.15) is 23.4 Å². The Morgan fingerprint density at radius 2 is 1.96 bits per heavy atom. The fraction of sp³-hybridized carbons (Fsp3) is 0.533. The summed E-state index contributed by atoms with van der Waals surface area (Å²) in [6.07, 6.45) is -2.72. The number of aromatic nitrogens is 4. The van der Waals surface area contributed by atoms with E-state index in [4.69, 9.17) is 0 Å². The van der Waals surface area contributed by atoms with Gasteiger partial charge in [-0.25, -0.2) is 0 Å². The minimum atomic E-state index is -4.53. The molecule has 2 rings (SSSR count). The first kappa shape index (κ1) is 18.0. The van der Waals surface area contributed by atoms with E-state index in [1.54, 1.807) is 18.8 Å². The van der Waals surface area contributed by atoms with E-state index >= 15 is 0 Å². The lowest BCUT2D eigenvalue weighted by molar-refractivity contribution is -0.142. The van der Waals surface area contributed by atoms with Gasteiger partial charge in [0, 0.05) is 38.1 Å². The second-order valence-electron chi connectivity index (χ2n) is 5.90. The maximum atomic E-state index is 12.8. The maximum absolute atomic E-state index is 12.8. The van der Waals surface area contributed by atoms with E-state index in [0.29, 0.717) is 6.54 Å². The van der Waals surface area contributed by atoms with Crippen LogP contribution in [0.15, 0.2) is 12.3 Å². The van der Waals surface area contributed by atoms with Crippen molar-refractivity contribution in [2.45, 2.75) is 39.5 Å². The van der Waals surface area contributed by atoms with Gasteiger partial charge in [0.15, 0.2) is 5.69 Å². The van der Waals surface area contributed by atoms with Crippen molar-refractivity contribution in [3.63, 3.8) is 0 Å². The number of carbonyl (C=O) groups excluding carboxylic acids is 1. The highest BCUT2D eigenvalue weighted by atomic mass is 19.4.